The van der Waals surface area contributed by atoms with Crippen LogP contribution in [0.4, 0.5) is 0 Å². The number of hydrogen-bond acceptors (Lipinski definition) is 2. The van der Waals surface area contributed by atoms with E-state index in [2.05, 4.69) is 26.0 Å². The molecule has 94 valence electrons. The Morgan fingerprint density at radius 2 is 2.24 bits per heavy atom. The summed E-state index contributed by atoms with van der Waals surface area (Å²) in [5, 5.41) is 0. The molecule has 2 N–H and O–H groups in total. The van der Waals surface area contributed by atoms with Crippen LogP contribution in [0.15, 0.2) is 23.3 Å². The first-order valence-electron chi connectivity index (χ1n) is 6.52. The van der Waals surface area contributed by atoms with Gasteiger partial charge in [-0.05, 0) is 30.8 Å². The molecule has 0 aromatic rings. The number of nitrogens with two attached hydrogens (primary N) is 1. The predicted molar refractivity (Wildman–Crippen MR) is 69.4 cm³/mol. The Bertz CT molecular complexity index is 368. The summed E-state index contributed by atoms with van der Waals surface area (Å²) < 4.78 is 0. The number of amides is 1. The van der Waals surface area contributed by atoms with Crippen molar-refractivity contribution in [2.24, 2.45) is 11.7 Å². The Hall–Kier alpha value is -1.09. The van der Waals surface area contributed by atoms with Crippen LogP contribution in [0.1, 0.15) is 33.1 Å². The molecule has 1 heterocycles. The number of carbonyl (C=O) groups is 1. The van der Waals surface area contributed by atoms with Gasteiger partial charge in [0.1, 0.15) is 6.04 Å². The van der Waals surface area contributed by atoms with Gasteiger partial charge in [-0.25, -0.2) is 0 Å². The minimum absolute atomic E-state index is 0.0928. The highest BCUT2D eigenvalue weighted by Gasteiger charge is 2.29. The monoisotopic (exact) mass is 234 g/mol. The van der Waals surface area contributed by atoms with Gasteiger partial charge in [-0.3, -0.25) is 4.79 Å². The minimum atomic E-state index is -0.442. The van der Waals surface area contributed by atoms with Crippen LogP contribution in [-0.4, -0.2) is 29.9 Å². The van der Waals surface area contributed by atoms with E-state index in [1.807, 2.05) is 4.90 Å². The predicted octanol–water partition coefficient (Wildman–Crippen LogP) is 1.85. The maximum atomic E-state index is 12.3. The molecule has 1 amide bonds. The van der Waals surface area contributed by atoms with E-state index in [1.54, 1.807) is 0 Å². The fourth-order valence-electron chi connectivity index (χ4n) is 2.65. The topological polar surface area (TPSA) is 46.3 Å². The van der Waals surface area contributed by atoms with Crippen LogP contribution in [0, 0.1) is 5.92 Å². The van der Waals surface area contributed by atoms with Crippen LogP contribution >= 0.6 is 0 Å². The highest BCUT2D eigenvalue weighted by Crippen LogP contribution is 2.27. The summed E-state index contributed by atoms with van der Waals surface area (Å²) in [5.41, 5.74) is 8.56. The largest absolute Gasteiger partial charge is 0.340 e. The highest BCUT2D eigenvalue weighted by atomic mass is 16.2. The second-order valence-corrected chi connectivity index (χ2v) is 5.41. The molecule has 0 fully saturated rings. The molecule has 0 saturated heterocycles. The van der Waals surface area contributed by atoms with Gasteiger partial charge in [0.2, 0.25) is 5.91 Å². The molecular weight excluding hydrogens is 212 g/mol. The molecule has 1 atom stereocenters. The van der Waals surface area contributed by atoms with Crippen molar-refractivity contribution < 1.29 is 4.79 Å². The van der Waals surface area contributed by atoms with Crippen molar-refractivity contribution in [2.75, 3.05) is 13.1 Å². The SMILES string of the molecule is CC(C)CN1CCC2=C(C=CCC2)C(N)C1=O. The van der Waals surface area contributed by atoms with Gasteiger partial charge in [0.25, 0.3) is 0 Å². The summed E-state index contributed by atoms with van der Waals surface area (Å²) in [6.07, 6.45) is 7.34. The number of hydrogen-bond donors (Lipinski definition) is 1. The fourth-order valence-corrected chi connectivity index (χ4v) is 2.65. The lowest BCUT2D eigenvalue weighted by atomic mass is 9.92. The van der Waals surface area contributed by atoms with Gasteiger partial charge >= 0.3 is 0 Å². The van der Waals surface area contributed by atoms with Crippen molar-refractivity contribution in [3.05, 3.63) is 23.3 Å². The van der Waals surface area contributed by atoms with Crippen molar-refractivity contribution in [1.82, 2.24) is 4.90 Å². The smallest absolute Gasteiger partial charge is 0.244 e. The Morgan fingerprint density at radius 1 is 1.47 bits per heavy atom. The fraction of sp³-hybridized carbons (Fsp3) is 0.643. The molecule has 1 aliphatic heterocycles. The van der Waals surface area contributed by atoms with E-state index >= 15 is 0 Å². The Labute approximate surface area is 103 Å². The summed E-state index contributed by atoms with van der Waals surface area (Å²) in [5.74, 6) is 0.590. The van der Waals surface area contributed by atoms with Gasteiger partial charge in [-0.2, -0.15) is 0 Å². The Kier molecular flexibility index (Phi) is 3.67. The Morgan fingerprint density at radius 3 is 2.94 bits per heavy atom. The van der Waals surface area contributed by atoms with Crippen LogP contribution in [-0.2, 0) is 4.79 Å². The molecule has 0 aromatic carbocycles. The molecule has 0 spiro atoms. The van der Waals surface area contributed by atoms with E-state index in [-0.39, 0.29) is 5.91 Å². The first-order chi connectivity index (χ1) is 8.09. The second kappa shape index (κ2) is 5.05. The van der Waals surface area contributed by atoms with Crippen molar-refractivity contribution in [2.45, 2.75) is 39.2 Å². The van der Waals surface area contributed by atoms with E-state index in [9.17, 15) is 4.79 Å². The van der Waals surface area contributed by atoms with Crippen LogP contribution in [0.3, 0.4) is 0 Å². The number of rotatable bonds is 2. The molecule has 17 heavy (non-hydrogen) atoms. The molecule has 2 aliphatic rings. The molecule has 0 radical (unpaired) electrons. The average Bonchev–Trinajstić information content (AvgIpc) is 2.42. The van der Waals surface area contributed by atoms with Gasteiger partial charge in [-0.15, -0.1) is 0 Å². The summed E-state index contributed by atoms with van der Waals surface area (Å²) >= 11 is 0. The zero-order valence-electron chi connectivity index (χ0n) is 10.8. The van der Waals surface area contributed by atoms with Gasteiger partial charge in [-0.1, -0.05) is 31.6 Å². The lowest BCUT2D eigenvalue weighted by Gasteiger charge is -2.25. The summed E-state index contributed by atoms with van der Waals surface area (Å²) in [6.45, 7) is 5.92. The maximum Gasteiger partial charge on any atom is 0.244 e. The zero-order chi connectivity index (χ0) is 12.4. The summed E-state index contributed by atoms with van der Waals surface area (Å²) in [4.78, 5) is 14.2. The van der Waals surface area contributed by atoms with Crippen molar-refractivity contribution in [3.63, 3.8) is 0 Å². The summed E-state index contributed by atoms with van der Waals surface area (Å²) in [7, 11) is 0. The van der Waals surface area contributed by atoms with E-state index < -0.39 is 6.04 Å². The van der Waals surface area contributed by atoms with Crippen molar-refractivity contribution in [1.29, 1.82) is 0 Å². The quantitative estimate of drug-likeness (QED) is 0.792. The molecule has 0 bridgehead atoms. The minimum Gasteiger partial charge on any atom is -0.340 e. The van der Waals surface area contributed by atoms with Crippen molar-refractivity contribution in [3.8, 4) is 0 Å². The zero-order valence-corrected chi connectivity index (χ0v) is 10.8. The second-order valence-electron chi connectivity index (χ2n) is 5.41. The third-order valence-electron chi connectivity index (χ3n) is 3.50. The van der Waals surface area contributed by atoms with E-state index in [0.29, 0.717) is 5.92 Å². The molecule has 3 heteroatoms. The first-order valence-corrected chi connectivity index (χ1v) is 6.52. The third kappa shape index (κ3) is 2.60. The van der Waals surface area contributed by atoms with Gasteiger partial charge < -0.3 is 10.6 Å². The maximum absolute atomic E-state index is 12.3. The lowest BCUT2D eigenvalue weighted by molar-refractivity contribution is -0.131. The van der Waals surface area contributed by atoms with Gasteiger partial charge in [0.05, 0.1) is 0 Å². The summed E-state index contributed by atoms with van der Waals surface area (Å²) in [6, 6.07) is -0.442. The molecule has 1 unspecified atom stereocenters. The lowest BCUT2D eigenvalue weighted by Crippen LogP contribution is -2.45. The van der Waals surface area contributed by atoms with Crippen LogP contribution < -0.4 is 5.73 Å². The number of nitrogens with zero attached hydrogens (tertiary/aromatic N) is 1. The molecule has 3 nitrogen and oxygen atoms in total. The first kappa shape index (κ1) is 12.4. The Balaban J connectivity index is 2.18. The highest BCUT2D eigenvalue weighted by molar-refractivity contribution is 5.86. The van der Waals surface area contributed by atoms with E-state index in [4.69, 9.17) is 5.73 Å². The number of carbonyl (C=O) groups excluding carboxylic acids is 1. The van der Waals surface area contributed by atoms with Crippen LogP contribution in [0.2, 0.25) is 0 Å². The van der Waals surface area contributed by atoms with E-state index in [1.165, 1.54) is 5.57 Å². The van der Waals surface area contributed by atoms with Gasteiger partial charge in [0.15, 0.2) is 0 Å². The van der Waals surface area contributed by atoms with Crippen LogP contribution in [0.25, 0.3) is 0 Å². The molecule has 0 aromatic heterocycles. The van der Waals surface area contributed by atoms with Gasteiger partial charge in [0, 0.05) is 13.1 Å². The number of allylic oxidation sites excluding steroid dienone is 1. The van der Waals surface area contributed by atoms with Crippen LogP contribution in [0.5, 0.6) is 0 Å². The average molecular weight is 234 g/mol. The molecule has 2 rings (SSSR count). The third-order valence-corrected chi connectivity index (χ3v) is 3.50. The molecular formula is C14H22N2O. The van der Waals surface area contributed by atoms with E-state index in [0.717, 1.165) is 37.9 Å². The molecule has 1 aliphatic carbocycles. The molecule has 0 saturated carbocycles. The normalized spacial score (nSPS) is 25.3. The standard InChI is InChI=1S/C14H22N2O/c1-10(2)9-16-8-7-11-5-3-4-6-12(11)13(15)14(16)17/h4,6,10,13H,3,5,7-9,15H2,1-2H3. The van der Waals surface area contributed by atoms with Crippen molar-refractivity contribution >= 4 is 5.91 Å².